The van der Waals surface area contributed by atoms with Crippen LogP contribution in [-0.4, -0.2) is 24.7 Å². The van der Waals surface area contributed by atoms with Gasteiger partial charge in [0, 0.05) is 0 Å². The van der Waals surface area contributed by atoms with Gasteiger partial charge in [-0.1, -0.05) is 48.5 Å². The van der Waals surface area contributed by atoms with E-state index < -0.39 is 64.2 Å². The Kier molecular flexibility index (Phi) is 6.86. The van der Waals surface area contributed by atoms with Crippen molar-refractivity contribution in [3.05, 3.63) is 70.8 Å². The standard InChI is InChI=1S/C21H16F12/c1-11(18(22,23)24)13-3-7-15(8-4-13)17(20(28,29)30,21(31,32)33)16-9-5-14(6-10-16)12(2)19(25,26)27/h3-12H,1-2H3. The molecule has 2 rings (SSSR count). The molecule has 2 atom stereocenters. The lowest BCUT2D eigenvalue weighted by molar-refractivity contribution is -0.288. The summed E-state index contributed by atoms with van der Waals surface area (Å²) < 4.78 is 162. The van der Waals surface area contributed by atoms with Crippen LogP contribution in [-0.2, 0) is 5.41 Å². The molecule has 0 radical (unpaired) electrons. The van der Waals surface area contributed by atoms with Gasteiger partial charge in [-0.15, -0.1) is 0 Å². The van der Waals surface area contributed by atoms with E-state index in [1.807, 2.05) is 0 Å². The van der Waals surface area contributed by atoms with Crippen molar-refractivity contribution in [1.82, 2.24) is 0 Å². The number of alkyl halides is 12. The van der Waals surface area contributed by atoms with Crippen LogP contribution >= 0.6 is 0 Å². The predicted molar refractivity (Wildman–Crippen MR) is 94.7 cm³/mol. The molecule has 0 nitrogen and oxygen atoms in total. The normalized spacial score (nSPS) is 15.9. The Balaban J connectivity index is 2.72. The highest BCUT2D eigenvalue weighted by Crippen LogP contribution is 2.56. The van der Waals surface area contributed by atoms with Crippen molar-refractivity contribution >= 4 is 0 Å². The minimum atomic E-state index is -6.03. The number of hydrogen-bond donors (Lipinski definition) is 0. The summed E-state index contributed by atoms with van der Waals surface area (Å²) in [6.45, 7) is 1.38. The smallest absolute Gasteiger partial charge is 0.170 e. The van der Waals surface area contributed by atoms with E-state index in [9.17, 15) is 52.7 Å². The molecular formula is C21H16F12. The van der Waals surface area contributed by atoms with Crippen molar-refractivity contribution in [3.8, 4) is 0 Å². The zero-order chi connectivity index (χ0) is 25.6. The molecule has 33 heavy (non-hydrogen) atoms. The molecule has 0 heterocycles. The number of halogens is 12. The van der Waals surface area contributed by atoms with Crippen LogP contribution in [0.25, 0.3) is 0 Å². The molecular weight excluding hydrogens is 480 g/mol. The van der Waals surface area contributed by atoms with E-state index in [2.05, 4.69) is 0 Å². The molecule has 2 aromatic carbocycles. The second-order valence-electron chi connectivity index (χ2n) is 7.52. The van der Waals surface area contributed by atoms with Gasteiger partial charge in [-0.3, -0.25) is 0 Å². The maximum absolute atomic E-state index is 14.1. The second kappa shape index (κ2) is 8.43. The topological polar surface area (TPSA) is 0 Å². The first-order chi connectivity index (χ1) is 14.7. The lowest BCUT2D eigenvalue weighted by atomic mass is 9.72. The van der Waals surface area contributed by atoms with Gasteiger partial charge in [0.1, 0.15) is 0 Å². The highest BCUT2D eigenvalue weighted by atomic mass is 19.4. The van der Waals surface area contributed by atoms with E-state index >= 15 is 0 Å². The fourth-order valence-corrected chi connectivity index (χ4v) is 3.40. The van der Waals surface area contributed by atoms with Gasteiger partial charge in [-0.25, -0.2) is 0 Å². The van der Waals surface area contributed by atoms with Gasteiger partial charge >= 0.3 is 24.7 Å². The minimum Gasteiger partial charge on any atom is -0.170 e. The van der Waals surface area contributed by atoms with Gasteiger partial charge in [-0.2, -0.15) is 52.7 Å². The van der Waals surface area contributed by atoms with Gasteiger partial charge in [0.05, 0.1) is 11.8 Å². The molecule has 0 aliphatic rings. The van der Waals surface area contributed by atoms with Gasteiger partial charge in [-0.05, 0) is 36.1 Å². The molecule has 0 saturated carbocycles. The molecule has 0 N–H and O–H groups in total. The molecule has 0 aromatic heterocycles. The van der Waals surface area contributed by atoms with Crippen molar-refractivity contribution in [1.29, 1.82) is 0 Å². The SMILES string of the molecule is CC(c1ccc(C(c2ccc(C(C)C(F)(F)F)cc2)(C(F)(F)F)C(F)(F)F)cc1)C(F)(F)F. The van der Waals surface area contributed by atoms with Crippen molar-refractivity contribution < 1.29 is 52.7 Å². The second-order valence-corrected chi connectivity index (χ2v) is 7.52. The Bertz CT molecular complexity index is 849. The first kappa shape index (κ1) is 26.8. The van der Waals surface area contributed by atoms with E-state index in [0.29, 0.717) is 62.4 Å². The molecule has 0 bridgehead atoms. The van der Waals surface area contributed by atoms with E-state index in [1.54, 1.807) is 0 Å². The van der Waals surface area contributed by atoms with Crippen molar-refractivity contribution in [3.63, 3.8) is 0 Å². The first-order valence-electron chi connectivity index (χ1n) is 9.22. The van der Waals surface area contributed by atoms with Crippen molar-refractivity contribution in [2.24, 2.45) is 0 Å². The van der Waals surface area contributed by atoms with Gasteiger partial charge in [0.25, 0.3) is 0 Å². The zero-order valence-corrected chi connectivity index (χ0v) is 16.8. The summed E-state index contributed by atoms with van der Waals surface area (Å²) in [6.07, 6.45) is -21.6. The Morgan fingerprint density at radius 3 is 0.879 bits per heavy atom. The highest BCUT2D eigenvalue weighted by Gasteiger charge is 2.72. The molecule has 0 saturated heterocycles. The number of rotatable bonds is 4. The molecule has 12 heteroatoms. The fourth-order valence-electron chi connectivity index (χ4n) is 3.40. The van der Waals surface area contributed by atoms with E-state index in [4.69, 9.17) is 0 Å². The maximum atomic E-state index is 14.1. The van der Waals surface area contributed by atoms with Crippen LogP contribution in [0.5, 0.6) is 0 Å². The van der Waals surface area contributed by atoms with Crippen LogP contribution in [0, 0.1) is 0 Å². The van der Waals surface area contributed by atoms with Crippen LogP contribution in [0.1, 0.15) is 47.9 Å². The predicted octanol–water partition coefficient (Wildman–Crippen LogP) is 8.43. The van der Waals surface area contributed by atoms with Crippen LogP contribution < -0.4 is 0 Å². The van der Waals surface area contributed by atoms with E-state index in [0.717, 1.165) is 0 Å². The van der Waals surface area contributed by atoms with E-state index in [1.165, 1.54) is 0 Å². The molecule has 0 amide bonds. The Labute approximate surface area is 180 Å². The van der Waals surface area contributed by atoms with Gasteiger partial charge in [0.2, 0.25) is 5.41 Å². The first-order valence-corrected chi connectivity index (χ1v) is 9.22. The Morgan fingerprint density at radius 2 is 0.697 bits per heavy atom. The summed E-state index contributed by atoms with van der Waals surface area (Å²) in [5.74, 6) is -4.30. The summed E-state index contributed by atoms with van der Waals surface area (Å²) in [4.78, 5) is 0. The summed E-state index contributed by atoms with van der Waals surface area (Å²) in [7, 11) is 0. The lowest BCUT2D eigenvalue weighted by Crippen LogP contribution is -2.54. The van der Waals surface area contributed by atoms with Crippen LogP contribution in [0.4, 0.5) is 52.7 Å². The quantitative estimate of drug-likeness (QED) is 0.373. The molecule has 2 aromatic rings. The molecule has 0 aliphatic carbocycles. The number of hydrogen-bond acceptors (Lipinski definition) is 0. The molecule has 0 fully saturated rings. The molecule has 2 unspecified atom stereocenters. The average Bonchev–Trinajstić information content (AvgIpc) is 2.65. The molecule has 0 spiro atoms. The summed E-state index contributed by atoms with van der Waals surface area (Å²) >= 11 is 0. The Hall–Kier alpha value is -2.40. The lowest BCUT2D eigenvalue weighted by Gasteiger charge is -2.38. The Morgan fingerprint density at radius 1 is 0.455 bits per heavy atom. The third kappa shape index (κ3) is 4.93. The maximum Gasteiger partial charge on any atom is 0.411 e. The summed E-state index contributed by atoms with van der Waals surface area (Å²) in [6, 6.07) is 3.24. The van der Waals surface area contributed by atoms with Crippen LogP contribution in [0.2, 0.25) is 0 Å². The van der Waals surface area contributed by atoms with E-state index in [-0.39, 0.29) is 0 Å². The minimum absolute atomic E-state index is 0.296. The van der Waals surface area contributed by atoms with Crippen molar-refractivity contribution in [2.75, 3.05) is 0 Å². The third-order valence-electron chi connectivity index (χ3n) is 5.52. The molecule has 0 aliphatic heterocycles. The summed E-state index contributed by atoms with van der Waals surface area (Å²) in [5, 5.41) is 0. The largest absolute Gasteiger partial charge is 0.411 e. The number of benzene rings is 2. The van der Waals surface area contributed by atoms with Crippen LogP contribution in [0.15, 0.2) is 48.5 Å². The van der Waals surface area contributed by atoms with Crippen molar-refractivity contribution in [2.45, 2.75) is 55.8 Å². The van der Waals surface area contributed by atoms with Gasteiger partial charge < -0.3 is 0 Å². The van der Waals surface area contributed by atoms with Gasteiger partial charge in [0.15, 0.2) is 0 Å². The third-order valence-corrected chi connectivity index (χ3v) is 5.52. The van der Waals surface area contributed by atoms with Crippen LogP contribution in [0.3, 0.4) is 0 Å². The molecule has 184 valence electrons. The zero-order valence-electron chi connectivity index (χ0n) is 16.8. The fraction of sp³-hybridized carbons (Fsp3) is 0.429. The summed E-state index contributed by atoms with van der Waals surface area (Å²) in [5.41, 5.74) is -8.63. The highest BCUT2D eigenvalue weighted by molar-refractivity contribution is 5.46. The monoisotopic (exact) mass is 496 g/mol. The average molecular weight is 496 g/mol.